The van der Waals surface area contributed by atoms with Crippen LogP contribution < -0.4 is 10.6 Å². The molecule has 7 aromatic rings. The fourth-order valence-electron chi connectivity index (χ4n) is 9.29. The Morgan fingerprint density at radius 1 is 0.821 bits per heavy atom. The van der Waals surface area contributed by atoms with Crippen LogP contribution in [0.25, 0.3) is 28.2 Å². The van der Waals surface area contributed by atoms with Crippen molar-refractivity contribution in [2.24, 2.45) is 17.8 Å². The quantitative estimate of drug-likeness (QED) is 0.120. The van der Waals surface area contributed by atoms with Gasteiger partial charge in [-0.15, -0.1) is 4.80 Å². The number of anilines is 2. The molecule has 20 heteroatoms. The summed E-state index contributed by atoms with van der Waals surface area (Å²) in [5.41, 5.74) is 4.04. The van der Waals surface area contributed by atoms with E-state index in [0.717, 1.165) is 36.2 Å². The molecule has 0 saturated carbocycles. The SMILES string of the molecule is Cc1cnc(-c2cnn(CC3CCN(C(=O)c4cc(C)cnc4-n4nccn4)[C@H](CNc4ccc(C(F)(F)F)cn4)[C@@H]3C)c2)c(C(=O)N2CCC[C@@H](C)[C@H]2CNc2nc3cc(Cl)ccc3o2)c1. The Morgan fingerprint density at radius 2 is 1.55 bits per heavy atom. The fraction of sp³-hybridized carbons (Fsp3) is 0.383. The van der Waals surface area contributed by atoms with Crippen LogP contribution >= 0.6 is 11.6 Å². The van der Waals surface area contributed by atoms with Gasteiger partial charge >= 0.3 is 6.18 Å². The van der Waals surface area contributed by atoms with Crippen LogP contribution in [0.1, 0.15) is 70.5 Å². The van der Waals surface area contributed by atoms with Crippen molar-refractivity contribution in [1.29, 1.82) is 0 Å². The number of carbonyl (C=O) groups is 2. The Kier molecular flexibility index (Phi) is 12.7. The topological polar surface area (TPSA) is 178 Å². The standard InChI is InChI=1S/C47H49ClF3N13O3/c1-27-16-35(44(65)62-14-5-6-29(3)38(62)23-56-46-60-37-18-34(48)8-9-40(37)67-46)42(54-19-27)32-21-59-61(26-32)25-31-11-15-63(45(66)36-17-28(2)20-55-43(36)64-57-12-13-58-64)39(30(31)4)24-53-41-10-7-33(22-52-41)47(49,50)51/h7-10,12-13,16-22,26,29-31,38-39H,5-6,11,14-15,23-25H2,1-4H3,(H,52,53)(H,56,60)/t29-,30-,31?,38-,39-/m1/s1. The van der Waals surface area contributed by atoms with E-state index >= 15 is 0 Å². The van der Waals surface area contributed by atoms with E-state index in [9.17, 15) is 22.8 Å². The minimum absolute atomic E-state index is 0.0143. The van der Waals surface area contributed by atoms with Gasteiger partial charge < -0.3 is 24.9 Å². The van der Waals surface area contributed by atoms with Gasteiger partial charge in [0.15, 0.2) is 11.4 Å². The summed E-state index contributed by atoms with van der Waals surface area (Å²) < 4.78 is 47.9. The number of halogens is 4. The molecule has 5 atom stereocenters. The molecule has 9 rings (SSSR count). The molecule has 0 spiro atoms. The van der Waals surface area contributed by atoms with Crippen molar-refractivity contribution >= 4 is 46.3 Å². The number of aromatic nitrogens is 9. The molecule has 2 aliphatic rings. The number of alkyl halides is 3. The number of rotatable bonds is 12. The Morgan fingerprint density at radius 3 is 2.31 bits per heavy atom. The molecule has 6 aromatic heterocycles. The average molecular weight is 936 g/mol. The highest BCUT2D eigenvalue weighted by Gasteiger charge is 2.40. The number of fused-ring (bicyclic) bond motifs is 1. The van der Waals surface area contributed by atoms with Crippen molar-refractivity contribution in [3.8, 4) is 17.1 Å². The highest BCUT2D eigenvalue weighted by Crippen LogP contribution is 2.35. The summed E-state index contributed by atoms with van der Waals surface area (Å²) in [5.74, 6) is 0.211. The highest BCUT2D eigenvalue weighted by atomic mass is 35.5. The normalized spacial score (nSPS) is 20.0. The predicted molar refractivity (Wildman–Crippen MR) is 245 cm³/mol. The Balaban J connectivity index is 0.944. The molecule has 8 heterocycles. The zero-order valence-electron chi connectivity index (χ0n) is 37.3. The molecular weight excluding hydrogens is 887 g/mol. The highest BCUT2D eigenvalue weighted by molar-refractivity contribution is 6.31. The lowest BCUT2D eigenvalue weighted by Crippen LogP contribution is -2.54. The van der Waals surface area contributed by atoms with Crippen LogP contribution in [0.2, 0.25) is 5.02 Å². The number of hydrogen-bond donors (Lipinski definition) is 2. The molecule has 2 saturated heterocycles. The first-order chi connectivity index (χ1) is 32.2. The van der Waals surface area contributed by atoms with Gasteiger partial charge in [-0.1, -0.05) is 25.4 Å². The van der Waals surface area contributed by atoms with Gasteiger partial charge in [0.05, 0.1) is 53.1 Å². The minimum atomic E-state index is -4.53. The molecule has 1 unspecified atom stereocenters. The molecule has 2 N–H and O–H groups in total. The number of benzene rings is 1. The second-order valence-electron chi connectivity index (χ2n) is 17.5. The van der Waals surface area contributed by atoms with Crippen LogP contribution in [-0.4, -0.2) is 105 Å². The van der Waals surface area contributed by atoms with Gasteiger partial charge in [-0.2, -0.15) is 33.5 Å². The maximum absolute atomic E-state index is 14.7. The Labute approximate surface area is 389 Å². The van der Waals surface area contributed by atoms with Crippen molar-refractivity contribution in [1.82, 2.24) is 54.5 Å². The molecule has 0 radical (unpaired) electrons. The second kappa shape index (κ2) is 18.8. The lowest BCUT2D eigenvalue weighted by molar-refractivity contribution is -0.137. The number of carbonyl (C=O) groups excluding carboxylic acids is 2. The maximum Gasteiger partial charge on any atom is 0.417 e. The van der Waals surface area contributed by atoms with E-state index in [1.54, 1.807) is 47.8 Å². The third-order valence-electron chi connectivity index (χ3n) is 12.9. The number of likely N-dealkylation sites (tertiary alicyclic amines) is 2. The molecule has 0 aliphatic carbocycles. The molecule has 0 bridgehead atoms. The van der Waals surface area contributed by atoms with Crippen molar-refractivity contribution in [3.63, 3.8) is 0 Å². The zero-order valence-corrected chi connectivity index (χ0v) is 38.0. The van der Waals surface area contributed by atoms with E-state index in [-0.39, 0.29) is 53.8 Å². The number of hydrogen-bond acceptors (Lipinski definition) is 12. The van der Waals surface area contributed by atoms with E-state index in [0.29, 0.717) is 77.1 Å². The number of nitrogens with zero attached hydrogens (tertiary/aromatic N) is 11. The molecule has 1 aromatic carbocycles. The van der Waals surface area contributed by atoms with Gasteiger partial charge in [0.25, 0.3) is 17.8 Å². The van der Waals surface area contributed by atoms with Crippen LogP contribution in [0.15, 0.2) is 90.3 Å². The summed E-state index contributed by atoms with van der Waals surface area (Å²) in [7, 11) is 0. The van der Waals surface area contributed by atoms with E-state index < -0.39 is 17.8 Å². The van der Waals surface area contributed by atoms with Crippen molar-refractivity contribution < 1.29 is 27.2 Å². The monoisotopic (exact) mass is 935 g/mol. The molecule has 67 heavy (non-hydrogen) atoms. The summed E-state index contributed by atoms with van der Waals surface area (Å²) in [6, 6.07) is 11.0. The molecule has 2 fully saturated rings. The van der Waals surface area contributed by atoms with Gasteiger partial charge in [-0.25, -0.2) is 9.97 Å². The second-order valence-corrected chi connectivity index (χ2v) is 18.0. The van der Waals surface area contributed by atoms with Gasteiger partial charge in [-0.3, -0.25) is 19.3 Å². The van der Waals surface area contributed by atoms with Crippen molar-refractivity contribution in [2.75, 3.05) is 36.8 Å². The number of pyridine rings is 3. The molecule has 2 aliphatic heterocycles. The van der Waals surface area contributed by atoms with Crippen LogP contribution in [0.4, 0.5) is 25.0 Å². The lowest BCUT2D eigenvalue weighted by atomic mass is 9.80. The number of amides is 2. The minimum Gasteiger partial charge on any atom is -0.424 e. The van der Waals surface area contributed by atoms with E-state index in [1.807, 2.05) is 35.7 Å². The first-order valence-corrected chi connectivity index (χ1v) is 22.6. The number of piperidine rings is 2. The molecule has 2 amide bonds. The van der Waals surface area contributed by atoms with E-state index in [1.165, 1.54) is 23.3 Å². The number of oxazole rings is 1. The van der Waals surface area contributed by atoms with Crippen LogP contribution in [0, 0.1) is 31.6 Å². The molecule has 16 nitrogen and oxygen atoms in total. The first-order valence-electron chi connectivity index (χ1n) is 22.2. The van der Waals surface area contributed by atoms with Crippen molar-refractivity contribution in [2.45, 2.75) is 71.8 Å². The van der Waals surface area contributed by atoms with Gasteiger partial charge in [0.2, 0.25) is 0 Å². The lowest BCUT2D eigenvalue weighted by Gasteiger charge is -2.44. The largest absolute Gasteiger partial charge is 0.424 e. The first kappa shape index (κ1) is 45.3. The fourth-order valence-corrected chi connectivity index (χ4v) is 9.46. The summed E-state index contributed by atoms with van der Waals surface area (Å²) in [6.07, 6.45) is 8.74. The summed E-state index contributed by atoms with van der Waals surface area (Å²) in [4.78, 5) is 52.2. The van der Waals surface area contributed by atoms with Gasteiger partial charge in [0, 0.05) is 68.1 Å². The average Bonchev–Trinajstić information content (AvgIpc) is 4.10. The number of nitrogens with one attached hydrogen (secondary N) is 2. The van der Waals surface area contributed by atoms with Crippen molar-refractivity contribution in [3.05, 3.63) is 119 Å². The van der Waals surface area contributed by atoms with Gasteiger partial charge in [0.1, 0.15) is 11.3 Å². The van der Waals surface area contributed by atoms with Gasteiger partial charge in [-0.05, 0) is 104 Å². The van der Waals surface area contributed by atoms with E-state index in [2.05, 4.69) is 49.6 Å². The summed E-state index contributed by atoms with van der Waals surface area (Å²) in [5, 5.41) is 20.3. The summed E-state index contributed by atoms with van der Waals surface area (Å²) in [6.45, 7) is 10.1. The Bertz CT molecular complexity index is 2890. The molecule has 348 valence electrons. The van der Waals surface area contributed by atoms with Crippen LogP contribution in [-0.2, 0) is 12.7 Å². The number of aryl methyl sites for hydroxylation is 2. The summed E-state index contributed by atoms with van der Waals surface area (Å²) >= 11 is 6.18. The zero-order chi connectivity index (χ0) is 47.0. The molecular formula is C47H49ClF3N13O3. The van der Waals surface area contributed by atoms with E-state index in [4.69, 9.17) is 26.1 Å². The Hall–Kier alpha value is -6.89. The maximum atomic E-state index is 14.7. The smallest absolute Gasteiger partial charge is 0.417 e. The van der Waals surface area contributed by atoms with Crippen LogP contribution in [0.5, 0.6) is 0 Å². The predicted octanol–water partition coefficient (Wildman–Crippen LogP) is 8.38. The van der Waals surface area contributed by atoms with Crippen LogP contribution in [0.3, 0.4) is 0 Å². The third-order valence-corrected chi connectivity index (χ3v) is 13.2. The third kappa shape index (κ3) is 9.68.